The van der Waals surface area contributed by atoms with Crippen molar-refractivity contribution in [3.63, 3.8) is 0 Å². The number of imidazole rings is 1. The molecule has 0 radical (unpaired) electrons. The molecule has 4 aromatic rings. The highest BCUT2D eigenvalue weighted by molar-refractivity contribution is 8.00. The number of aromatic nitrogens is 4. The maximum absolute atomic E-state index is 12.7. The second kappa shape index (κ2) is 7.12. The number of hydrogen-bond donors (Lipinski definition) is 3. The lowest BCUT2D eigenvalue weighted by Gasteiger charge is -2.15. The molecule has 1 atom stereocenters. The number of carbonyl (C=O) groups is 2. The summed E-state index contributed by atoms with van der Waals surface area (Å²) in [5.74, 6) is 0.170. The van der Waals surface area contributed by atoms with Crippen LogP contribution in [0.3, 0.4) is 0 Å². The fourth-order valence-corrected chi connectivity index (χ4v) is 3.83. The van der Waals surface area contributed by atoms with Crippen molar-refractivity contribution >= 4 is 40.5 Å². The molecule has 2 heterocycles. The Labute approximate surface area is 158 Å². The summed E-state index contributed by atoms with van der Waals surface area (Å²) in [6.45, 7) is 0. The van der Waals surface area contributed by atoms with E-state index in [1.165, 1.54) is 18.8 Å². The fourth-order valence-electron chi connectivity index (χ4n) is 2.77. The van der Waals surface area contributed by atoms with Crippen LogP contribution in [0.5, 0.6) is 0 Å². The van der Waals surface area contributed by atoms with E-state index in [4.69, 9.17) is 0 Å². The molecule has 27 heavy (non-hydrogen) atoms. The van der Waals surface area contributed by atoms with Gasteiger partial charge in [0.2, 0.25) is 11.7 Å². The average molecular weight is 380 g/mol. The van der Waals surface area contributed by atoms with Gasteiger partial charge in [-0.1, -0.05) is 54.2 Å². The molecule has 0 saturated heterocycles. The minimum absolute atomic E-state index is 0.425. The monoisotopic (exact) mass is 380 g/mol. The number of nitrogens with one attached hydrogen (secondary N) is 3. The van der Waals surface area contributed by atoms with Gasteiger partial charge in [0.25, 0.3) is 0 Å². The Balaban J connectivity index is 1.74. The zero-order chi connectivity index (χ0) is 18.8. The molecule has 3 amide bonds. The molecule has 8 nitrogen and oxygen atoms in total. The van der Waals surface area contributed by atoms with Crippen LogP contribution in [0.2, 0.25) is 0 Å². The number of amides is 3. The van der Waals surface area contributed by atoms with Gasteiger partial charge in [0.15, 0.2) is 5.16 Å². The summed E-state index contributed by atoms with van der Waals surface area (Å²) in [5, 5.41) is 11.9. The highest BCUT2D eigenvalue weighted by Crippen LogP contribution is 2.35. The zero-order valence-corrected chi connectivity index (χ0v) is 15.2. The Morgan fingerprint density at radius 3 is 2.63 bits per heavy atom. The molecule has 2 aromatic heterocycles. The number of carbonyl (C=O) groups excluding carboxylic acids is 2. The molecule has 1 unspecified atom stereocenters. The Morgan fingerprint density at radius 1 is 1.11 bits per heavy atom. The van der Waals surface area contributed by atoms with Crippen LogP contribution in [0, 0.1) is 0 Å². The normalized spacial score (nSPS) is 12.2. The molecule has 4 rings (SSSR count). The van der Waals surface area contributed by atoms with Crippen molar-refractivity contribution in [2.75, 3.05) is 7.05 Å². The number of thioether (sulfide) groups is 1. The van der Waals surface area contributed by atoms with Crippen LogP contribution in [-0.4, -0.2) is 38.6 Å². The summed E-state index contributed by atoms with van der Waals surface area (Å²) in [7, 11) is 1.46. The molecule has 0 aliphatic carbocycles. The maximum Gasteiger partial charge on any atom is 0.321 e. The molecule has 0 fully saturated rings. The van der Waals surface area contributed by atoms with E-state index < -0.39 is 17.2 Å². The van der Waals surface area contributed by atoms with Crippen LogP contribution in [0.1, 0.15) is 10.8 Å². The number of para-hydroxylation sites is 2. The third-order valence-corrected chi connectivity index (χ3v) is 5.24. The molecule has 0 aliphatic heterocycles. The average Bonchev–Trinajstić information content (AvgIpc) is 3.26. The molecular formula is C18H16N6O2S. The van der Waals surface area contributed by atoms with Crippen molar-refractivity contribution in [1.82, 2.24) is 30.2 Å². The number of imide groups is 1. The number of benzene rings is 2. The molecule has 9 heteroatoms. The van der Waals surface area contributed by atoms with Crippen molar-refractivity contribution in [2.45, 2.75) is 10.4 Å². The Kier molecular flexibility index (Phi) is 4.51. The van der Waals surface area contributed by atoms with E-state index >= 15 is 0 Å². The number of hydrogen-bond acceptors (Lipinski definition) is 5. The number of nitrogens with zero attached hydrogens (tertiary/aromatic N) is 3. The SMILES string of the molecule is CNC(=O)NC(=O)C(Sc1n[nH]c2nc3ccccc3n12)c1ccccc1. The molecular weight excluding hydrogens is 364 g/mol. The summed E-state index contributed by atoms with van der Waals surface area (Å²) >= 11 is 1.25. The predicted octanol–water partition coefficient (Wildman–Crippen LogP) is 2.50. The van der Waals surface area contributed by atoms with E-state index in [1.54, 1.807) is 0 Å². The van der Waals surface area contributed by atoms with Gasteiger partial charge in [-0.25, -0.2) is 14.9 Å². The summed E-state index contributed by atoms with van der Waals surface area (Å²) in [5.41, 5.74) is 2.49. The first kappa shape index (κ1) is 17.1. The largest absolute Gasteiger partial charge is 0.341 e. The lowest BCUT2D eigenvalue weighted by atomic mass is 10.1. The smallest absolute Gasteiger partial charge is 0.321 e. The predicted molar refractivity (Wildman–Crippen MR) is 102 cm³/mol. The molecule has 0 saturated carbocycles. The number of rotatable bonds is 4. The Morgan fingerprint density at radius 2 is 1.85 bits per heavy atom. The number of urea groups is 1. The molecule has 2 aromatic carbocycles. The second-order valence-electron chi connectivity index (χ2n) is 5.74. The Bertz CT molecular complexity index is 1120. The van der Waals surface area contributed by atoms with Crippen LogP contribution in [0.4, 0.5) is 4.79 Å². The highest BCUT2D eigenvalue weighted by atomic mass is 32.2. The number of H-pyrrole nitrogens is 1. The van der Waals surface area contributed by atoms with Crippen molar-refractivity contribution in [1.29, 1.82) is 0 Å². The second-order valence-corrected chi connectivity index (χ2v) is 6.81. The summed E-state index contributed by atoms with van der Waals surface area (Å²) in [6, 6.07) is 16.4. The van der Waals surface area contributed by atoms with Gasteiger partial charge in [0.05, 0.1) is 11.0 Å². The first-order chi connectivity index (χ1) is 13.2. The van der Waals surface area contributed by atoms with Crippen LogP contribution in [-0.2, 0) is 4.79 Å². The van der Waals surface area contributed by atoms with Gasteiger partial charge in [-0.15, -0.1) is 5.10 Å². The van der Waals surface area contributed by atoms with Gasteiger partial charge in [-0.3, -0.25) is 14.5 Å². The van der Waals surface area contributed by atoms with Crippen molar-refractivity contribution < 1.29 is 9.59 Å². The minimum Gasteiger partial charge on any atom is -0.341 e. The number of fused-ring (bicyclic) bond motifs is 3. The summed E-state index contributed by atoms with van der Waals surface area (Å²) < 4.78 is 1.86. The lowest BCUT2D eigenvalue weighted by Crippen LogP contribution is -2.39. The minimum atomic E-state index is -0.656. The van der Waals surface area contributed by atoms with Crippen LogP contribution in [0.15, 0.2) is 59.8 Å². The van der Waals surface area contributed by atoms with Gasteiger partial charge in [-0.2, -0.15) is 0 Å². The van der Waals surface area contributed by atoms with Crippen molar-refractivity contribution in [3.8, 4) is 0 Å². The maximum atomic E-state index is 12.7. The molecule has 0 spiro atoms. The van der Waals surface area contributed by atoms with Gasteiger partial charge in [0, 0.05) is 7.05 Å². The van der Waals surface area contributed by atoms with Gasteiger partial charge in [-0.05, 0) is 17.7 Å². The molecule has 0 aliphatic rings. The quantitative estimate of drug-likeness (QED) is 0.472. The van der Waals surface area contributed by atoms with Crippen LogP contribution < -0.4 is 10.6 Å². The van der Waals surface area contributed by atoms with E-state index in [2.05, 4.69) is 25.8 Å². The molecule has 136 valence electrons. The Hall–Kier alpha value is -3.33. The van der Waals surface area contributed by atoms with Gasteiger partial charge in [0.1, 0.15) is 5.25 Å². The van der Waals surface area contributed by atoms with E-state index in [1.807, 2.05) is 59.0 Å². The summed E-state index contributed by atoms with van der Waals surface area (Å²) in [6.07, 6.45) is 0. The van der Waals surface area contributed by atoms with E-state index in [9.17, 15) is 9.59 Å². The van der Waals surface area contributed by atoms with E-state index in [0.29, 0.717) is 10.9 Å². The van der Waals surface area contributed by atoms with E-state index in [-0.39, 0.29) is 0 Å². The van der Waals surface area contributed by atoms with E-state index in [0.717, 1.165) is 16.6 Å². The van der Waals surface area contributed by atoms with Crippen molar-refractivity contribution in [2.24, 2.45) is 0 Å². The lowest BCUT2D eigenvalue weighted by molar-refractivity contribution is -0.119. The fraction of sp³-hybridized carbons (Fsp3) is 0.111. The highest BCUT2D eigenvalue weighted by Gasteiger charge is 2.26. The molecule has 3 N–H and O–H groups in total. The third kappa shape index (κ3) is 3.24. The topological polar surface area (TPSA) is 104 Å². The number of aromatic amines is 1. The first-order valence-electron chi connectivity index (χ1n) is 8.23. The van der Waals surface area contributed by atoms with Gasteiger partial charge >= 0.3 is 6.03 Å². The van der Waals surface area contributed by atoms with Crippen LogP contribution >= 0.6 is 11.8 Å². The summed E-state index contributed by atoms with van der Waals surface area (Å²) in [4.78, 5) is 28.8. The first-order valence-corrected chi connectivity index (χ1v) is 9.11. The van der Waals surface area contributed by atoms with Crippen molar-refractivity contribution in [3.05, 3.63) is 60.2 Å². The third-order valence-electron chi connectivity index (χ3n) is 4.03. The standard InChI is InChI=1S/C18H16N6O2S/c1-19-17(26)21-15(25)14(11-7-3-2-4-8-11)27-18-23-22-16-20-12-9-5-6-10-13(12)24(16)18/h2-10,14H,1H3,(H,20,22)(H2,19,21,25,26). The molecule has 0 bridgehead atoms. The van der Waals surface area contributed by atoms with Gasteiger partial charge < -0.3 is 5.32 Å². The van der Waals surface area contributed by atoms with Crippen LogP contribution in [0.25, 0.3) is 16.8 Å². The zero-order valence-electron chi connectivity index (χ0n) is 14.3.